The highest BCUT2D eigenvalue weighted by atomic mass is 31.2. The molecular weight excluding hydrogens is 551 g/mol. The molecule has 0 radical (unpaired) electrons. The molecule has 0 aliphatic rings. The van der Waals surface area contributed by atoms with Crippen molar-refractivity contribution in [3.05, 3.63) is 24.2 Å². The second-order valence-corrected chi connectivity index (χ2v) is 12.3. The zero-order valence-corrected chi connectivity index (χ0v) is 27.4. The summed E-state index contributed by atoms with van der Waals surface area (Å²) >= 11 is 0. The molecule has 2 atom stereocenters. The Kier molecular flexibility index (Phi) is 22.0. The first kappa shape index (κ1) is 36.8. The maximum atomic E-state index is 10.1. The Hall–Kier alpha value is -1.35. The van der Waals surface area contributed by atoms with E-state index in [1.165, 1.54) is 103 Å². The summed E-state index contributed by atoms with van der Waals surface area (Å²) in [5, 5.41) is 4.27. The van der Waals surface area contributed by atoms with E-state index >= 15 is 0 Å². The van der Waals surface area contributed by atoms with Gasteiger partial charge in [0, 0.05) is 26.0 Å². The van der Waals surface area contributed by atoms with Gasteiger partial charge in [-0.05, 0) is 37.8 Å². The number of hydrogen-bond acceptors (Lipinski definition) is 8. The minimum atomic E-state index is -1.93. The van der Waals surface area contributed by atoms with Gasteiger partial charge in [0.1, 0.15) is 11.8 Å². The molecule has 42 heavy (non-hydrogen) atoms. The maximum absolute atomic E-state index is 10.1. The average molecular weight is 611 g/mol. The van der Waals surface area contributed by atoms with E-state index in [9.17, 15) is 4.89 Å². The van der Waals surface area contributed by atoms with Crippen molar-refractivity contribution < 1.29 is 23.4 Å². The van der Waals surface area contributed by atoms with Crippen LogP contribution in [0.1, 0.15) is 128 Å². The van der Waals surface area contributed by atoms with Gasteiger partial charge in [-0.15, -0.1) is 0 Å². The third-order valence-electron chi connectivity index (χ3n) is 7.76. The lowest BCUT2D eigenvalue weighted by molar-refractivity contribution is 0.0429. The van der Waals surface area contributed by atoms with Crippen LogP contribution in [0.3, 0.4) is 0 Å². The predicted molar refractivity (Wildman–Crippen MR) is 173 cm³/mol. The summed E-state index contributed by atoms with van der Waals surface area (Å²) in [4.78, 5) is 14.1. The third kappa shape index (κ3) is 17.1. The van der Waals surface area contributed by atoms with E-state index in [-0.39, 0.29) is 12.7 Å². The van der Waals surface area contributed by atoms with Crippen molar-refractivity contribution >= 4 is 19.9 Å². The fraction of sp³-hybridized carbons (Fsp3) is 0.812. The van der Waals surface area contributed by atoms with Gasteiger partial charge in [0.25, 0.3) is 0 Å². The lowest BCUT2D eigenvalue weighted by atomic mass is 10.0. The summed E-state index contributed by atoms with van der Waals surface area (Å²) in [6.07, 6.45) is 25.4. The smallest absolute Gasteiger partial charge is 0.329 e. The molecule has 2 rings (SSSR count). The van der Waals surface area contributed by atoms with Crippen molar-refractivity contribution in [3.63, 3.8) is 0 Å². The molecule has 0 saturated carbocycles. The zero-order valence-electron chi connectivity index (χ0n) is 26.5. The number of rotatable bonds is 29. The van der Waals surface area contributed by atoms with E-state index in [1.807, 2.05) is 12.1 Å². The molecule has 10 heteroatoms. The molecule has 0 bridgehead atoms. The van der Waals surface area contributed by atoms with Crippen LogP contribution >= 0.6 is 8.60 Å². The molecule has 2 unspecified atom stereocenters. The number of aryl methyl sites for hydroxylation is 1. The highest BCUT2D eigenvalue weighted by Crippen LogP contribution is 2.33. The van der Waals surface area contributed by atoms with E-state index in [4.69, 9.17) is 24.3 Å². The lowest BCUT2D eigenvalue weighted by Gasteiger charge is -2.17. The summed E-state index contributed by atoms with van der Waals surface area (Å²) in [5.41, 5.74) is 7.71. The number of hydrogen-bond donors (Lipinski definition) is 2. The molecule has 0 fully saturated rings. The zero-order chi connectivity index (χ0) is 30.1. The molecule has 0 aromatic carbocycles. The Morgan fingerprint density at radius 1 is 0.810 bits per heavy atom. The third-order valence-corrected chi connectivity index (χ3v) is 8.54. The lowest BCUT2D eigenvalue weighted by Crippen LogP contribution is -2.18. The summed E-state index contributed by atoms with van der Waals surface area (Å²) in [5.74, 6) is 0.455. The van der Waals surface area contributed by atoms with E-state index in [0.717, 1.165) is 37.1 Å². The van der Waals surface area contributed by atoms with E-state index < -0.39 is 8.60 Å². The largest absolute Gasteiger partial charge is 0.382 e. The van der Waals surface area contributed by atoms with Gasteiger partial charge in [0.15, 0.2) is 5.82 Å². The minimum Gasteiger partial charge on any atom is -0.382 e. The van der Waals surface area contributed by atoms with Crippen LogP contribution in [0.25, 0.3) is 5.52 Å². The van der Waals surface area contributed by atoms with Gasteiger partial charge >= 0.3 is 8.60 Å². The number of unbranched alkanes of at least 4 members (excludes halogenated alkanes) is 15. The summed E-state index contributed by atoms with van der Waals surface area (Å²) in [6.45, 7) is 4.40. The van der Waals surface area contributed by atoms with Crippen LogP contribution < -0.4 is 5.73 Å². The van der Waals surface area contributed by atoms with Crippen molar-refractivity contribution in [3.8, 4) is 0 Å². The first-order valence-corrected chi connectivity index (χ1v) is 17.7. The van der Waals surface area contributed by atoms with Crippen molar-refractivity contribution in [2.75, 3.05) is 39.3 Å². The predicted octanol–water partition coefficient (Wildman–Crippen LogP) is 8.18. The quantitative estimate of drug-likeness (QED) is 0.0700. The fourth-order valence-electron chi connectivity index (χ4n) is 5.12. The van der Waals surface area contributed by atoms with Gasteiger partial charge in [-0.1, -0.05) is 103 Å². The number of aromatic nitrogens is 3. The maximum Gasteiger partial charge on any atom is 0.329 e. The molecule has 0 amide bonds. The highest BCUT2D eigenvalue weighted by Gasteiger charge is 2.15. The molecule has 0 aliphatic carbocycles. The molecule has 2 aromatic rings. The first-order chi connectivity index (χ1) is 20.7. The standard InChI is InChI=1S/C32H59N4O5P/c1-3-4-5-6-7-8-9-10-11-12-13-14-15-16-17-18-24-39-25-19-26-40-42(37)41-27-30(38-2)22-20-29-21-23-31-32(33)34-28-35-36(29)31/h21,23,28,30,37H,3-20,22,24-27H2,1-2H3,(H2,33,34,35). The van der Waals surface area contributed by atoms with E-state index in [2.05, 4.69) is 17.0 Å². The molecule has 0 aliphatic heterocycles. The van der Waals surface area contributed by atoms with Gasteiger partial charge < -0.3 is 29.1 Å². The van der Waals surface area contributed by atoms with Crippen LogP contribution in [0, 0.1) is 0 Å². The van der Waals surface area contributed by atoms with Crippen molar-refractivity contribution in [1.82, 2.24) is 14.6 Å². The minimum absolute atomic E-state index is 0.168. The Morgan fingerprint density at radius 2 is 1.40 bits per heavy atom. The summed E-state index contributed by atoms with van der Waals surface area (Å²) in [6, 6.07) is 3.90. The Bertz CT molecular complexity index is 903. The normalized spacial score (nSPS) is 13.2. The van der Waals surface area contributed by atoms with Gasteiger partial charge in [0.05, 0.1) is 19.3 Å². The fourth-order valence-corrected chi connectivity index (χ4v) is 5.77. The van der Waals surface area contributed by atoms with Crippen molar-refractivity contribution in [1.29, 1.82) is 0 Å². The number of ether oxygens (including phenoxy) is 2. The number of methoxy groups -OCH3 is 1. The SMILES string of the molecule is CCCCCCCCCCCCCCCCCCOCCCOP(O)OCC(CCc1ccc2c(N)ncnn12)OC. The first-order valence-electron chi connectivity index (χ1n) is 16.6. The van der Waals surface area contributed by atoms with Crippen LogP contribution in [-0.4, -0.2) is 59.1 Å². The van der Waals surface area contributed by atoms with Crippen molar-refractivity contribution in [2.24, 2.45) is 0 Å². The molecular formula is C32H59N4O5P. The van der Waals surface area contributed by atoms with Crippen molar-refractivity contribution in [2.45, 2.75) is 135 Å². The van der Waals surface area contributed by atoms with Crippen LogP contribution in [0.4, 0.5) is 5.82 Å². The second-order valence-electron chi connectivity index (χ2n) is 11.3. The Labute approximate surface area is 256 Å². The highest BCUT2D eigenvalue weighted by molar-refractivity contribution is 7.40. The Morgan fingerprint density at radius 3 is 2.02 bits per heavy atom. The second kappa shape index (κ2) is 25.0. The van der Waals surface area contributed by atoms with Gasteiger partial charge in [-0.3, -0.25) is 0 Å². The van der Waals surface area contributed by atoms with E-state index in [0.29, 0.717) is 25.5 Å². The molecule has 2 heterocycles. The summed E-state index contributed by atoms with van der Waals surface area (Å²) < 4.78 is 23.9. The number of nitrogens with zero attached hydrogens (tertiary/aromatic N) is 3. The molecule has 9 nitrogen and oxygen atoms in total. The molecule has 0 spiro atoms. The number of nitrogens with two attached hydrogens (primary N) is 1. The number of anilines is 1. The van der Waals surface area contributed by atoms with Gasteiger partial charge in [-0.2, -0.15) is 5.10 Å². The van der Waals surface area contributed by atoms with Gasteiger partial charge in [-0.25, -0.2) is 9.50 Å². The van der Waals surface area contributed by atoms with Crippen LogP contribution in [0.2, 0.25) is 0 Å². The average Bonchev–Trinajstić information content (AvgIpc) is 3.42. The Balaban J connectivity index is 1.33. The number of fused-ring (bicyclic) bond motifs is 1. The molecule has 3 N–H and O–H groups in total. The summed E-state index contributed by atoms with van der Waals surface area (Å²) in [7, 11) is -0.291. The van der Waals surface area contributed by atoms with E-state index in [1.54, 1.807) is 11.6 Å². The van der Waals surface area contributed by atoms with Crippen LogP contribution in [0.15, 0.2) is 18.5 Å². The van der Waals surface area contributed by atoms with Gasteiger partial charge in [0.2, 0.25) is 0 Å². The monoisotopic (exact) mass is 610 g/mol. The van der Waals surface area contributed by atoms with Crippen LogP contribution in [-0.2, 0) is 24.9 Å². The molecule has 2 aromatic heterocycles. The molecule has 242 valence electrons. The topological polar surface area (TPSA) is 113 Å². The van der Waals surface area contributed by atoms with Crippen LogP contribution in [0.5, 0.6) is 0 Å². The molecule has 0 saturated heterocycles. The number of nitrogen functional groups attached to an aromatic ring is 1.